The Morgan fingerprint density at radius 3 is 2.69 bits per heavy atom. The molecule has 1 unspecified atom stereocenters. The molecule has 0 saturated heterocycles. The lowest BCUT2D eigenvalue weighted by Crippen LogP contribution is -2.23. The summed E-state index contributed by atoms with van der Waals surface area (Å²) in [7, 11) is 1.68. The minimum absolute atomic E-state index is 0.311. The zero-order valence-electron chi connectivity index (χ0n) is 8.28. The SMILES string of the molecule is C#CC(/N=C\C=N/C)N/C(C)=C\C. The Hall–Kier alpha value is -1.56. The van der Waals surface area contributed by atoms with Crippen LogP contribution >= 0.6 is 0 Å². The van der Waals surface area contributed by atoms with Gasteiger partial charge in [-0.2, -0.15) is 0 Å². The molecule has 70 valence electrons. The Balaban J connectivity index is 4.14. The lowest BCUT2D eigenvalue weighted by Gasteiger charge is -2.08. The molecule has 0 aromatic rings. The molecule has 3 heteroatoms. The van der Waals surface area contributed by atoms with E-state index in [9.17, 15) is 0 Å². The Morgan fingerprint density at radius 1 is 1.54 bits per heavy atom. The molecule has 0 radical (unpaired) electrons. The molecule has 1 atom stereocenters. The van der Waals surface area contributed by atoms with Gasteiger partial charge in [-0.1, -0.05) is 12.0 Å². The molecule has 0 aromatic heterocycles. The average molecular weight is 177 g/mol. The Bertz CT molecular complexity index is 256. The standard InChI is InChI=1S/C10H15N3/c1-5-9(3)13-10(6-2)12-8-7-11-4/h2,5,7-8,10,13H,1,3-4H3/b9-5-,11-7-,12-8-. The van der Waals surface area contributed by atoms with E-state index in [1.54, 1.807) is 19.5 Å². The summed E-state index contributed by atoms with van der Waals surface area (Å²) >= 11 is 0. The monoisotopic (exact) mass is 177 g/mol. The lowest BCUT2D eigenvalue weighted by atomic mass is 10.4. The van der Waals surface area contributed by atoms with Crippen LogP contribution in [-0.4, -0.2) is 25.6 Å². The van der Waals surface area contributed by atoms with E-state index in [4.69, 9.17) is 6.42 Å². The topological polar surface area (TPSA) is 36.8 Å². The van der Waals surface area contributed by atoms with Crippen LogP contribution in [-0.2, 0) is 0 Å². The zero-order valence-corrected chi connectivity index (χ0v) is 8.28. The molecule has 13 heavy (non-hydrogen) atoms. The fourth-order valence-corrected chi connectivity index (χ4v) is 0.612. The van der Waals surface area contributed by atoms with E-state index in [2.05, 4.69) is 21.2 Å². The molecule has 0 spiro atoms. The van der Waals surface area contributed by atoms with Crippen LogP contribution < -0.4 is 5.32 Å². The summed E-state index contributed by atoms with van der Waals surface area (Å²) in [5, 5.41) is 3.04. The summed E-state index contributed by atoms with van der Waals surface area (Å²) in [5.41, 5.74) is 1.01. The van der Waals surface area contributed by atoms with Crippen LogP contribution in [0, 0.1) is 12.3 Å². The van der Waals surface area contributed by atoms with Gasteiger partial charge in [0.05, 0.1) is 0 Å². The van der Waals surface area contributed by atoms with Gasteiger partial charge in [0, 0.05) is 25.2 Å². The van der Waals surface area contributed by atoms with E-state index in [0.717, 1.165) is 5.70 Å². The van der Waals surface area contributed by atoms with Gasteiger partial charge in [0.2, 0.25) is 0 Å². The number of nitrogens with one attached hydrogen (secondary N) is 1. The quantitative estimate of drug-likeness (QED) is 0.509. The third-order valence-electron chi connectivity index (χ3n) is 1.41. The van der Waals surface area contributed by atoms with Crippen molar-refractivity contribution >= 4 is 12.4 Å². The molecule has 0 rings (SSSR count). The van der Waals surface area contributed by atoms with Gasteiger partial charge < -0.3 is 5.32 Å². The predicted octanol–water partition coefficient (Wildman–Crippen LogP) is 1.23. The van der Waals surface area contributed by atoms with Crippen molar-refractivity contribution in [1.82, 2.24) is 5.32 Å². The smallest absolute Gasteiger partial charge is 0.181 e. The maximum atomic E-state index is 5.26. The van der Waals surface area contributed by atoms with Crippen LogP contribution in [0.3, 0.4) is 0 Å². The molecule has 0 aliphatic carbocycles. The number of allylic oxidation sites excluding steroid dienone is 2. The highest BCUT2D eigenvalue weighted by atomic mass is 15.1. The molecule has 0 fully saturated rings. The number of nitrogens with zero attached hydrogens (tertiary/aromatic N) is 2. The first-order valence-corrected chi connectivity index (χ1v) is 4.04. The molecule has 0 amide bonds. The minimum atomic E-state index is -0.311. The summed E-state index contributed by atoms with van der Waals surface area (Å²) in [5.74, 6) is 2.51. The molecule has 1 N–H and O–H groups in total. The zero-order chi connectivity index (χ0) is 10.1. The molecule has 0 bridgehead atoms. The van der Waals surface area contributed by atoms with E-state index in [1.807, 2.05) is 19.9 Å². The van der Waals surface area contributed by atoms with Gasteiger partial charge in [-0.05, 0) is 13.8 Å². The summed E-state index contributed by atoms with van der Waals surface area (Å²) < 4.78 is 0. The highest BCUT2D eigenvalue weighted by Gasteiger charge is 1.97. The van der Waals surface area contributed by atoms with Gasteiger partial charge in [0.1, 0.15) is 0 Å². The maximum Gasteiger partial charge on any atom is 0.181 e. The molecule has 0 saturated carbocycles. The van der Waals surface area contributed by atoms with Crippen LogP contribution in [0.5, 0.6) is 0 Å². The third-order valence-corrected chi connectivity index (χ3v) is 1.41. The molecule has 0 aromatic carbocycles. The van der Waals surface area contributed by atoms with E-state index in [-0.39, 0.29) is 6.17 Å². The second kappa shape index (κ2) is 7.11. The highest BCUT2D eigenvalue weighted by molar-refractivity contribution is 6.16. The van der Waals surface area contributed by atoms with Gasteiger partial charge in [-0.3, -0.25) is 9.98 Å². The van der Waals surface area contributed by atoms with Crippen molar-refractivity contribution in [1.29, 1.82) is 0 Å². The van der Waals surface area contributed by atoms with Gasteiger partial charge >= 0.3 is 0 Å². The largest absolute Gasteiger partial charge is 0.358 e. The van der Waals surface area contributed by atoms with Crippen molar-refractivity contribution < 1.29 is 0 Å². The molecule has 0 aliphatic heterocycles. The second-order valence-corrected chi connectivity index (χ2v) is 2.39. The molecule has 0 heterocycles. The third kappa shape index (κ3) is 5.68. The number of aliphatic imine (C=N–C) groups is 2. The minimum Gasteiger partial charge on any atom is -0.358 e. The maximum absolute atomic E-state index is 5.26. The predicted molar refractivity (Wildman–Crippen MR) is 58.1 cm³/mol. The highest BCUT2D eigenvalue weighted by Crippen LogP contribution is 1.90. The average Bonchev–Trinajstić information content (AvgIpc) is 2.16. The number of hydrogen-bond acceptors (Lipinski definition) is 3. The van der Waals surface area contributed by atoms with E-state index in [1.165, 1.54) is 0 Å². The van der Waals surface area contributed by atoms with Crippen molar-refractivity contribution in [3.63, 3.8) is 0 Å². The van der Waals surface area contributed by atoms with Crippen molar-refractivity contribution in [3.05, 3.63) is 11.8 Å². The fraction of sp³-hybridized carbons (Fsp3) is 0.400. The summed E-state index contributed by atoms with van der Waals surface area (Å²) in [6.45, 7) is 3.88. The van der Waals surface area contributed by atoms with Gasteiger partial charge in [0.15, 0.2) is 6.17 Å². The first-order valence-electron chi connectivity index (χ1n) is 4.04. The van der Waals surface area contributed by atoms with Gasteiger partial charge in [-0.25, -0.2) is 0 Å². The molecule has 3 nitrogen and oxygen atoms in total. The van der Waals surface area contributed by atoms with E-state index in [0.29, 0.717) is 0 Å². The van der Waals surface area contributed by atoms with Crippen LogP contribution in [0.15, 0.2) is 21.8 Å². The number of rotatable bonds is 4. The first-order chi connectivity index (χ1) is 6.24. The van der Waals surface area contributed by atoms with Crippen molar-refractivity contribution in [2.24, 2.45) is 9.98 Å². The van der Waals surface area contributed by atoms with Crippen molar-refractivity contribution in [2.75, 3.05) is 7.05 Å². The molecular formula is C10H15N3. The van der Waals surface area contributed by atoms with E-state index >= 15 is 0 Å². The molecule has 0 aliphatic rings. The summed E-state index contributed by atoms with van der Waals surface area (Å²) in [6.07, 6.45) is 10.1. The fourth-order valence-electron chi connectivity index (χ4n) is 0.612. The normalized spacial score (nSPS) is 14.8. The van der Waals surface area contributed by atoms with Crippen LogP contribution in [0.1, 0.15) is 13.8 Å². The second-order valence-electron chi connectivity index (χ2n) is 2.39. The first kappa shape index (κ1) is 11.4. The summed E-state index contributed by atoms with van der Waals surface area (Å²) in [4.78, 5) is 7.81. The lowest BCUT2D eigenvalue weighted by molar-refractivity contribution is 0.723. The summed E-state index contributed by atoms with van der Waals surface area (Å²) in [6, 6.07) is 0. The number of terminal acetylenes is 1. The van der Waals surface area contributed by atoms with Gasteiger partial charge in [-0.15, -0.1) is 6.42 Å². The van der Waals surface area contributed by atoms with Crippen LogP contribution in [0.4, 0.5) is 0 Å². The molecular weight excluding hydrogens is 162 g/mol. The Labute approximate surface area is 79.7 Å². The van der Waals surface area contributed by atoms with E-state index < -0.39 is 0 Å². The van der Waals surface area contributed by atoms with Crippen molar-refractivity contribution in [2.45, 2.75) is 20.0 Å². The number of hydrogen-bond donors (Lipinski definition) is 1. The Morgan fingerprint density at radius 2 is 2.23 bits per heavy atom. The van der Waals surface area contributed by atoms with Crippen molar-refractivity contribution in [3.8, 4) is 12.3 Å². The van der Waals surface area contributed by atoms with Crippen LogP contribution in [0.25, 0.3) is 0 Å². The Kier molecular flexibility index (Phi) is 6.26. The van der Waals surface area contributed by atoms with Gasteiger partial charge in [0.25, 0.3) is 0 Å². The van der Waals surface area contributed by atoms with Crippen LogP contribution in [0.2, 0.25) is 0 Å².